The molecule has 114 valence electrons. The Balaban J connectivity index is 2.27. The van der Waals surface area contributed by atoms with Crippen LogP contribution in [-0.2, 0) is 23.6 Å². The number of methoxy groups -OCH3 is 1. The van der Waals surface area contributed by atoms with Crippen molar-refractivity contribution < 1.29 is 13.2 Å². The Hall–Kier alpha value is -1.31. The molecule has 7 heteroatoms. The van der Waals surface area contributed by atoms with E-state index >= 15 is 0 Å². The number of hydrogen-bond donors (Lipinski definition) is 1. The third kappa shape index (κ3) is 3.48. The molecule has 1 aromatic heterocycles. The summed E-state index contributed by atoms with van der Waals surface area (Å²) in [5.41, 5.74) is 1.97. The molecule has 2 aromatic rings. The van der Waals surface area contributed by atoms with E-state index in [0.29, 0.717) is 10.2 Å². The first-order chi connectivity index (χ1) is 9.85. The summed E-state index contributed by atoms with van der Waals surface area (Å²) in [5, 5.41) is 0. The van der Waals surface area contributed by atoms with Crippen molar-refractivity contribution in [3.63, 3.8) is 0 Å². The standard InChI is InChI=1S/C14H17BrN2O3S/c1-10-4-6-12(17(10)2)9-16-21(18,19)14-8-11(15)5-7-13(14)20-3/h4-8,16H,9H2,1-3H3. The van der Waals surface area contributed by atoms with Gasteiger partial charge in [0.2, 0.25) is 10.0 Å². The van der Waals surface area contributed by atoms with Crippen LogP contribution in [0.5, 0.6) is 5.75 Å². The third-order valence-corrected chi connectivity index (χ3v) is 5.25. The van der Waals surface area contributed by atoms with Gasteiger partial charge in [-0.2, -0.15) is 0 Å². The van der Waals surface area contributed by atoms with E-state index in [2.05, 4.69) is 20.7 Å². The smallest absolute Gasteiger partial charge is 0.244 e. The number of aromatic nitrogens is 1. The summed E-state index contributed by atoms with van der Waals surface area (Å²) in [6.45, 7) is 2.19. The van der Waals surface area contributed by atoms with E-state index in [1.807, 2.05) is 30.7 Å². The summed E-state index contributed by atoms with van der Waals surface area (Å²) < 4.78 is 35.2. The maximum Gasteiger partial charge on any atom is 0.244 e. The Morgan fingerprint density at radius 2 is 2.00 bits per heavy atom. The average Bonchev–Trinajstić information content (AvgIpc) is 2.77. The molecular formula is C14H17BrN2O3S. The zero-order chi connectivity index (χ0) is 15.6. The fourth-order valence-electron chi connectivity index (χ4n) is 1.95. The molecule has 1 aromatic carbocycles. The molecule has 1 N–H and O–H groups in total. The first-order valence-electron chi connectivity index (χ1n) is 6.29. The number of halogens is 1. The van der Waals surface area contributed by atoms with E-state index < -0.39 is 10.0 Å². The minimum Gasteiger partial charge on any atom is -0.495 e. The number of sulfonamides is 1. The molecule has 1 heterocycles. The van der Waals surface area contributed by atoms with Crippen LogP contribution in [0.15, 0.2) is 39.7 Å². The highest BCUT2D eigenvalue weighted by Crippen LogP contribution is 2.27. The van der Waals surface area contributed by atoms with Gasteiger partial charge in [-0.3, -0.25) is 0 Å². The summed E-state index contributed by atoms with van der Waals surface area (Å²) >= 11 is 3.28. The van der Waals surface area contributed by atoms with Gasteiger partial charge < -0.3 is 9.30 Å². The van der Waals surface area contributed by atoms with Crippen LogP contribution in [0.3, 0.4) is 0 Å². The zero-order valence-corrected chi connectivity index (χ0v) is 14.5. The van der Waals surface area contributed by atoms with Gasteiger partial charge in [0.15, 0.2) is 0 Å². The Bertz CT molecular complexity index is 754. The zero-order valence-electron chi connectivity index (χ0n) is 12.1. The van der Waals surface area contributed by atoms with Gasteiger partial charge in [0.1, 0.15) is 10.6 Å². The maximum atomic E-state index is 12.4. The number of rotatable bonds is 5. The van der Waals surface area contributed by atoms with Crippen molar-refractivity contribution in [2.24, 2.45) is 7.05 Å². The Kier molecular flexibility index (Phi) is 4.75. The topological polar surface area (TPSA) is 60.3 Å². The molecule has 0 fully saturated rings. The number of nitrogens with zero attached hydrogens (tertiary/aromatic N) is 1. The molecule has 0 bridgehead atoms. The van der Waals surface area contributed by atoms with Crippen molar-refractivity contribution in [2.75, 3.05) is 7.11 Å². The minimum atomic E-state index is -3.65. The fraction of sp³-hybridized carbons (Fsp3) is 0.286. The number of aryl methyl sites for hydroxylation is 1. The largest absolute Gasteiger partial charge is 0.495 e. The number of hydrogen-bond acceptors (Lipinski definition) is 3. The number of benzene rings is 1. The Morgan fingerprint density at radius 3 is 2.57 bits per heavy atom. The molecule has 0 aliphatic rings. The van der Waals surface area contributed by atoms with Crippen LogP contribution >= 0.6 is 15.9 Å². The van der Waals surface area contributed by atoms with Crippen LogP contribution in [0.25, 0.3) is 0 Å². The van der Waals surface area contributed by atoms with Gasteiger partial charge >= 0.3 is 0 Å². The van der Waals surface area contributed by atoms with Crippen LogP contribution in [0.1, 0.15) is 11.4 Å². The van der Waals surface area contributed by atoms with Gasteiger partial charge in [-0.05, 0) is 37.3 Å². The molecule has 0 saturated carbocycles. The van der Waals surface area contributed by atoms with E-state index in [1.54, 1.807) is 12.1 Å². The van der Waals surface area contributed by atoms with E-state index in [-0.39, 0.29) is 11.4 Å². The molecule has 0 saturated heterocycles. The van der Waals surface area contributed by atoms with Gasteiger partial charge in [0, 0.05) is 22.9 Å². The Labute approximate surface area is 133 Å². The predicted octanol–water partition coefficient (Wildman–Crippen LogP) is 2.58. The van der Waals surface area contributed by atoms with Crippen molar-refractivity contribution in [3.8, 4) is 5.75 Å². The van der Waals surface area contributed by atoms with E-state index in [9.17, 15) is 8.42 Å². The SMILES string of the molecule is COc1ccc(Br)cc1S(=O)(=O)NCc1ccc(C)n1C. The van der Waals surface area contributed by atoms with Crippen molar-refractivity contribution in [2.45, 2.75) is 18.4 Å². The fourth-order valence-corrected chi connectivity index (χ4v) is 3.66. The highest BCUT2D eigenvalue weighted by molar-refractivity contribution is 9.10. The first kappa shape index (κ1) is 16.1. The minimum absolute atomic E-state index is 0.116. The molecule has 0 spiro atoms. The van der Waals surface area contributed by atoms with Crippen LogP contribution in [0.4, 0.5) is 0 Å². The molecule has 0 radical (unpaired) electrons. The van der Waals surface area contributed by atoms with Gasteiger partial charge in [-0.1, -0.05) is 15.9 Å². The second kappa shape index (κ2) is 6.21. The molecular weight excluding hydrogens is 356 g/mol. The number of nitrogens with one attached hydrogen (secondary N) is 1. The van der Waals surface area contributed by atoms with E-state index in [1.165, 1.54) is 13.2 Å². The summed E-state index contributed by atoms with van der Waals surface area (Å²) in [5.74, 6) is 0.314. The highest BCUT2D eigenvalue weighted by Gasteiger charge is 2.20. The second-order valence-corrected chi connectivity index (χ2v) is 7.30. The monoisotopic (exact) mass is 372 g/mol. The van der Waals surface area contributed by atoms with Gasteiger partial charge in [0.05, 0.1) is 13.7 Å². The number of ether oxygens (including phenoxy) is 1. The normalized spacial score (nSPS) is 11.6. The average molecular weight is 373 g/mol. The molecule has 0 aliphatic carbocycles. The lowest BCUT2D eigenvalue weighted by atomic mass is 10.3. The van der Waals surface area contributed by atoms with Crippen LogP contribution < -0.4 is 9.46 Å². The van der Waals surface area contributed by atoms with Crippen molar-refractivity contribution in [1.82, 2.24) is 9.29 Å². The third-order valence-electron chi connectivity index (χ3n) is 3.34. The summed E-state index contributed by atoms with van der Waals surface area (Å²) in [6.07, 6.45) is 0. The molecule has 0 atom stereocenters. The summed E-state index contributed by atoms with van der Waals surface area (Å²) in [6, 6.07) is 8.72. The van der Waals surface area contributed by atoms with E-state index in [0.717, 1.165) is 11.4 Å². The van der Waals surface area contributed by atoms with Gasteiger partial charge in [-0.15, -0.1) is 0 Å². The molecule has 0 unspecified atom stereocenters. The second-order valence-electron chi connectivity index (χ2n) is 4.64. The van der Waals surface area contributed by atoms with E-state index in [4.69, 9.17) is 4.74 Å². The van der Waals surface area contributed by atoms with Crippen LogP contribution in [0, 0.1) is 6.92 Å². The predicted molar refractivity (Wildman–Crippen MR) is 84.9 cm³/mol. The van der Waals surface area contributed by atoms with Gasteiger partial charge in [0.25, 0.3) is 0 Å². The maximum absolute atomic E-state index is 12.4. The lowest BCUT2D eigenvalue weighted by molar-refractivity contribution is 0.402. The highest BCUT2D eigenvalue weighted by atomic mass is 79.9. The van der Waals surface area contributed by atoms with Crippen LogP contribution in [-0.4, -0.2) is 20.1 Å². The summed E-state index contributed by atoms with van der Waals surface area (Å²) in [7, 11) is -0.301. The molecule has 2 rings (SSSR count). The van der Waals surface area contributed by atoms with Gasteiger partial charge in [-0.25, -0.2) is 13.1 Å². The molecule has 0 aliphatic heterocycles. The molecule has 21 heavy (non-hydrogen) atoms. The van der Waals surface area contributed by atoms with Crippen molar-refractivity contribution >= 4 is 26.0 Å². The lowest BCUT2D eigenvalue weighted by Gasteiger charge is -2.12. The summed E-state index contributed by atoms with van der Waals surface area (Å²) in [4.78, 5) is 0.116. The first-order valence-corrected chi connectivity index (χ1v) is 8.57. The van der Waals surface area contributed by atoms with Crippen molar-refractivity contribution in [1.29, 1.82) is 0 Å². The quantitative estimate of drug-likeness (QED) is 0.877. The molecule has 5 nitrogen and oxygen atoms in total. The van der Waals surface area contributed by atoms with Crippen molar-refractivity contribution in [3.05, 3.63) is 46.2 Å². The lowest BCUT2D eigenvalue weighted by Crippen LogP contribution is -2.24. The molecule has 0 amide bonds. The Morgan fingerprint density at radius 1 is 1.29 bits per heavy atom. The van der Waals surface area contributed by atoms with Crippen LogP contribution in [0.2, 0.25) is 0 Å².